The van der Waals surface area contributed by atoms with Crippen LogP contribution in [-0.2, 0) is 42.5 Å². The zero-order valence-corrected chi connectivity index (χ0v) is 27.8. The highest BCUT2D eigenvalue weighted by atomic mass is 32.2. The molecule has 2 aromatic rings. The first kappa shape index (κ1) is 36.6. The molecule has 0 saturated heterocycles. The number of sulfonamides is 2. The van der Waals surface area contributed by atoms with Crippen molar-refractivity contribution in [2.45, 2.75) is 46.3 Å². The first-order valence-corrected chi connectivity index (χ1v) is 19.8. The molecule has 0 aliphatic rings. The number of terminal acetylenes is 1. The van der Waals surface area contributed by atoms with Gasteiger partial charge >= 0.3 is 0 Å². The van der Waals surface area contributed by atoms with Gasteiger partial charge in [0, 0.05) is 25.0 Å². The maximum Gasteiger partial charge on any atom is 0.221 e. The highest BCUT2D eigenvalue weighted by molar-refractivity contribution is 7.89. The molecule has 42 heavy (non-hydrogen) atoms. The number of rotatable bonds is 10. The van der Waals surface area contributed by atoms with E-state index in [2.05, 4.69) is 57.1 Å². The summed E-state index contributed by atoms with van der Waals surface area (Å²) in [6.45, 7) is 9.26. The van der Waals surface area contributed by atoms with Crippen LogP contribution in [-0.4, -0.2) is 62.3 Å². The summed E-state index contributed by atoms with van der Waals surface area (Å²) >= 11 is 0. The van der Waals surface area contributed by atoms with Gasteiger partial charge in [-0.15, -0.1) is 12.0 Å². The van der Waals surface area contributed by atoms with E-state index in [9.17, 15) is 26.4 Å². The van der Waals surface area contributed by atoms with Crippen LogP contribution in [0.15, 0.2) is 36.4 Å². The summed E-state index contributed by atoms with van der Waals surface area (Å²) in [6, 6.07) is 10.6. The molecule has 0 fully saturated rings. The average molecular weight is 633 g/mol. The molecule has 4 N–H and O–H groups in total. The van der Waals surface area contributed by atoms with Crippen LogP contribution in [0.3, 0.4) is 0 Å². The highest BCUT2D eigenvalue weighted by Crippen LogP contribution is 2.19. The highest BCUT2D eigenvalue weighted by Gasteiger charge is 2.12. The Bertz CT molecular complexity index is 1600. The average Bonchev–Trinajstić information content (AvgIpc) is 2.90. The molecule has 13 heteroatoms. The molecule has 10 nitrogen and oxygen atoms in total. The van der Waals surface area contributed by atoms with Gasteiger partial charge in [-0.25, -0.2) is 26.3 Å². The number of carbonyl (C=O) groups excluding carboxylic acids is 2. The SMILES string of the molecule is C#Cc1cc(CCS(=O)(=O)NC)ccc1NC(C)=O.CNS(=O)(=O)CCc1ccc(NC(C)=O)c(C#C[Si](C)(C)C)c1. The van der Waals surface area contributed by atoms with Crippen molar-refractivity contribution in [3.05, 3.63) is 58.7 Å². The lowest BCUT2D eigenvalue weighted by Gasteiger charge is -2.10. The van der Waals surface area contributed by atoms with E-state index in [1.165, 1.54) is 27.9 Å². The summed E-state index contributed by atoms with van der Waals surface area (Å²) in [7, 11) is -5.26. The Morgan fingerprint density at radius 1 is 0.762 bits per heavy atom. The molecule has 2 rings (SSSR count). The predicted molar refractivity (Wildman–Crippen MR) is 173 cm³/mol. The van der Waals surface area contributed by atoms with Crippen molar-refractivity contribution in [3.8, 4) is 23.8 Å². The van der Waals surface area contributed by atoms with Crippen molar-refractivity contribution in [3.63, 3.8) is 0 Å². The number of hydrogen-bond donors (Lipinski definition) is 4. The van der Waals surface area contributed by atoms with Gasteiger partial charge in [0.15, 0.2) is 0 Å². The van der Waals surface area contributed by atoms with Crippen molar-refractivity contribution in [2.75, 3.05) is 36.2 Å². The number of hydrogen-bond acceptors (Lipinski definition) is 6. The van der Waals surface area contributed by atoms with Gasteiger partial charge in [-0.1, -0.05) is 43.6 Å². The third-order valence-corrected chi connectivity index (χ3v) is 9.06. The molecule has 2 aromatic carbocycles. The Kier molecular flexibility index (Phi) is 14.1. The molecule has 0 radical (unpaired) electrons. The normalized spacial score (nSPS) is 11.2. The summed E-state index contributed by atoms with van der Waals surface area (Å²) in [4.78, 5) is 22.3. The summed E-state index contributed by atoms with van der Waals surface area (Å²) < 4.78 is 50.3. The number of amides is 2. The molecule has 228 valence electrons. The second-order valence-electron chi connectivity index (χ2n) is 10.3. The monoisotopic (exact) mass is 632 g/mol. The third-order valence-electron chi connectivity index (χ3n) is 5.46. The van der Waals surface area contributed by atoms with Crippen LogP contribution in [0, 0.1) is 23.8 Å². The van der Waals surface area contributed by atoms with Crippen LogP contribution >= 0.6 is 0 Å². The quantitative estimate of drug-likeness (QED) is 0.234. The summed E-state index contributed by atoms with van der Waals surface area (Å²) in [5, 5.41) is 5.39. The molecule has 0 spiro atoms. The number of aryl methyl sites for hydroxylation is 2. The minimum absolute atomic E-state index is 0.00695. The molecular formula is C29H40N4O6S2Si. The Hall–Kier alpha value is -3.46. The molecular weight excluding hydrogens is 593 g/mol. The lowest BCUT2D eigenvalue weighted by Crippen LogP contribution is -2.23. The van der Waals surface area contributed by atoms with Crippen molar-refractivity contribution in [2.24, 2.45) is 0 Å². The van der Waals surface area contributed by atoms with Gasteiger partial charge < -0.3 is 10.6 Å². The van der Waals surface area contributed by atoms with Gasteiger partial charge in [0.05, 0.1) is 22.9 Å². The van der Waals surface area contributed by atoms with Crippen LogP contribution < -0.4 is 20.1 Å². The zero-order valence-electron chi connectivity index (χ0n) is 25.1. The van der Waals surface area contributed by atoms with E-state index in [0.717, 1.165) is 16.7 Å². The van der Waals surface area contributed by atoms with E-state index in [-0.39, 0.29) is 23.3 Å². The lowest BCUT2D eigenvalue weighted by atomic mass is 10.1. The maximum absolute atomic E-state index is 11.5. The van der Waals surface area contributed by atoms with E-state index < -0.39 is 28.1 Å². The Balaban J connectivity index is 0.000000428. The topological polar surface area (TPSA) is 151 Å². The Morgan fingerprint density at radius 2 is 1.17 bits per heavy atom. The maximum atomic E-state index is 11.5. The van der Waals surface area contributed by atoms with Gasteiger partial charge in [0.1, 0.15) is 8.07 Å². The number of nitrogens with one attached hydrogen (secondary N) is 4. The molecule has 0 saturated carbocycles. The third kappa shape index (κ3) is 14.4. The summed E-state index contributed by atoms with van der Waals surface area (Å²) in [5.41, 5.74) is 7.42. The smallest absolute Gasteiger partial charge is 0.221 e. The Labute approximate surface area is 251 Å². The summed E-state index contributed by atoms with van der Waals surface area (Å²) in [6.07, 6.45) is 6.12. The van der Waals surface area contributed by atoms with Gasteiger partial charge in [-0.2, -0.15) is 0 Å². The van der Waals surface area contributed by atoms with Crippen LogP contribution in [0.25, 0.3) is 0 Å². The van der Waals surface area contributed by atoms with Gasteiger partial charge in [0.25, 0.3) is 0 Å². The van der Waals surface area contributed by atoms with E-state index in [0.29, 0.717) is 29.8 Å². The minimum Gasteiger partial charge on any atom is -0.325 e. The molecule has 0 aliphatic carbocycles. The van der Waals surface area contributed by atoms with Gasteiger partial charge in [-0.3, -0.25) is 9.59 Å². The standard InChI is InChI=1S/C16H24N2O3SSi.C13H16N2O3S/c1-13(19)18-16-7-6-14(8-10-22(20,21)17-2)12-15(16)9-11-23(3,4)5;1-4-12-9-11(7-8-19(17,18)14-3)5-6-13(12)15-10(2)16/h6-7,12,17H,8,10H2,1-5H3,(H,18,19);1,5-6,9,14H,7-8H2,2-3H3,(H,15,16). The molecule has 0 bridgehead atoms. The van der Waals surface area contributed by atoms with Crippen molar-refractivity contribution in [1.82, 2.24) is 9.44 Å². The second-order valence-corrected chi connectivity index (χ2v) is 19.2. The van der Waals surface area contributed by atoms with E-state index >= 15 is 0 Å². The van der Waals surface area contributed by atoms with E-state index in [1.807, 2.05) is 12.1 Å². The first-order chi connectivity index (χ1) is 19.4. The van der Waals surface area contributed by atoms with Crippen LogP contribution in [0.1, 0.15) is 36.1 Å². The van der Waals surface area contributed by atoms with Crippen LogP contribution in [0.4, 0.5) is 11.4 Å². The molecule has 0 unspecified atom stereocenters. The van der Waals surface area contributed by atoms with Crippen LogP contribution in [0.5, 0.6) is 0 Å². The van der Waals surface area contributed by atoms with E-state index in [1.54, 1.807) is 24.3 Å². The Morgan fingerprint density at radius 3 is 1.52 bits per heavy atom. The molecule has 0 atom stereocenters. The molecule has 0 heterocycles. The number of carbonyl (C=O) groups is 2. The second kappa shape index (κ2) is 16.2. The molecule has 0 aliphatic heterocycles. The predicted octanol–water partition coefficient (Wildman–Crippen LogP) is 2.68. The van der Waals surface area contributed by atoms with Crippen molar-refractivity contribution < 1.29 is 26.4 Å². The zero-order chi connectivity index (χ0) is 32.1. The number of benzene rings is 2. The fourth-order valence-electron chi connectivity index (χ4n) is 3.28. The fraction of sp³-hybridized carbons (Fsp3) is 0.379. The van der Waals surface area contributed by atoms with Crippen molar-refractivity contribution >= 4 is 51.3 Å². The largest absolute Gasteiger partial charge is 0.325 e. The van der Waals surface area contributed by atoms with Gasteiger partial charge in [0.2, 0.25) is 31.9 Å². The number of anilines is 2. The van der Waals surface area contributed by atoms with Crippen molar-refractivity contribution in [1.29, 1.82) is 0 Å². The van der Waals surface area contributed by atoms with Gasteiger partial charge in [-0.05, 0) is 62.3 Å². The summed E-state index contributed by atoms with van der Waals surface area (Å²) in [5.74, 6) is 5.26. The molecule has 0 aromatic heterocycles. The lowest BCUT2D eigenvalue weighted by molar-refractivity contribution is -0.115. The van der Waals surface area contributed by atoms with E-state index in [4.69, 9.17) is 6.42 Å². The first-order valence-electron chi connectivity index (χ1n) is 13.0. The molecule has 2 amide bonds. The minimum atomic E-state index is -3.24. The van der Waals surface area contributed by atoms with Crippen LogP contribution in [0.2, 0.25) is 19.6 Å². The fourth-order valence-corrected chi connectivity index (χ4v) is 5.20.